The third kappa shape index (κ3) is 3.23. The summed E-state index contributed by atoms with van der Waals surface area (Å²) in [6, 6.07) is 9.12. The summed E-state index contributed by atoms with van der Waals surface area (Å²) in [5.74, 6) is 1.29. The van der Waals surface area contributed by atoms with E-state index in [0.717, 1.165) is 15.8 Å². The zero-order chi connectivity index (χ0) is 13.8. The number of nitrogens with two attached hydrogens (primary N) is 1. The van der Waals surface area contributed by atoms with Crippen LogP contribution in [0.25, 0.3) is 0 Å². The summed E-state index contributed by atoms with van der Waals surface area (Å²) in [5.41, 5.74) is 6.84. The van der Waals surface area contributed by atoms with Crippen molar-refractivity contribution in [1.82, 2.24) is 4.98 Å². The molecule has 5 nitrogen and oxygen atoms in total. The highest BCUT2D eigenvalue weighted by atomic mass is 79.9. The second-order valence-corrected chi connectivity index (χ2v) is 4.79. The Morgan fingerprint density at radius 1 is 1.37 bits per heavy atom. The molecule has 3 N–H and O–H groups in total. The van der Waals surface area contributed by atoms with E-state index in [2.05, 4.69) is 26.1 Å². The van der Waals surface area contributed by atoms with Gasteiger partial charge >= 0.3 is 0 Å². The maximum Gasteiger partial charge on any atom is 0.188 e. The minimum absolute atomic E-state index is 0.0369. The van der Waals surface area contributed by atoms with Gasteiger partial charge in [-0.1, -0.05) is 27.2 Å². The number of pyridine rings is 1. The summed E-state index contributed by atoms with van der Waals surface area (Å²) in [5, 5.41) is 11.4. The first-order chi connectivity index (χ1) is 9.10. The van der Waals surface area contributed by atoms with Crippen molar-refractivity contribution in [1.29, 1.82) is 0 Å². The van der Waals surface area contributed by atoms with Gasteiger partial charge in [-0.05, 0) is 36.8 Å². The van der Waals surface area contributed by atoms with Crippen LogP contribution in [0.4, 0.5) is 0 Å². The molecule has 1 heterocycles. The smallest absolute Gasteiger partial charge is 0.188 e. The van der Waals surface area contributed by atoms with Crippen molar-refractivity contribution >= 4 is 21.8 Å². The average molecular weight is 322 g/mol. The summed E-state index contributed by atoms with van der Waals surface area (Å²) in [7, 11) is 0. The number of hydrogen-bond donors (Lipinski definition) is 2. The number of benzene rings is 1. The monoisotopic (exact) mass is 321 g/mol. The first-order valence-corrected chi connectivity index (χ1v) is 6.27. The molecule has 98 valence electrons. The molecule has 0 saturated heterocycles. The highest BCUT2D eigenvalue weighted by Crippen LogP contribution is 2.27. The lowest BCUT2D eigenvalue weighted by atomic mass is 10.2. The zero-order valence-corrected chi connectivity index (χ0v) is 11.8. The van der Waals surface area contributed by atoms with Crippen LogP contribution in [-0.2, 0) is 0 Å². The van der Waals surface area contributed by atoms with E-state index in [9.17, 15) is 0 Å². The minimum atomic E-state index is -0.0369. The molecule has 1 aromatic heterocycles. The Kier molecular flexibility index (Phi) is 4.01. The van der Waals surface area contributed by atoms with E-state index < -0.39 is 0 Å². The second kappa shape index (κ2) is 5.71. The summed E-state index contributed by atoms with van der Waals surface area (Å²) in [6.45, 7) is 1.96. The van der Waals surface area contributed by atoms with Crippen LogP contribution in [0.3, 0.4) is 0 Å². The number of rotatable bonds is 3. The van der Waals surface area contributed by atoms with E-state index in [1.165, 1.54) is 6.20 Å². The van der Waals surface area contributed by atoms with Gasteiger partial charge in [-0.25, -0.2) is 4.98 Å². The van der Waals surface area contributed by atoms with Crippen molar-refractivity contribution in [3.8, 4) is 11.5 Å². The number of halogens is 1. The Morgan fingerprint density at radius 2 is 2.16 bits per heavy atom. The Bertz CT molecular complexity index is 612. The van der Waals surface area contributed by atoms with Crippen LogP contribution in [0.1, 0.15) is 11.3 Å². The first-order valence-electron chi connectivity index (χ1n) is 5.48. The Morgan fingerprint density at radius 3 is 2.79 bits per heavy atom. The molecular weight excluding hydrogens is 310 g/mol. The van der Waals surface area contributed by atoms with Crippen molar-refractivity contribution < 1.29 is 9.94 Å². The molecule has 19 heavy (non-hydrogen) atoms. The molecule has 0 fully saturated rings. The van der Waals surface area contributed by atoms with Gasteiger partial charge in [0.1, 0.15) is 17.2 Å². The van der Waals surface area contributed by atoms with E-state index in [-0.39, 0.29) is 5.84 Å². The molecule has 0 atom stereocenters. The topological polar surface area (TPSA) is 80.7 Å². The molecule has 1 aromatic carbocycles. The maximum atomic E-state index is 8.55. The number of oxime groups is 1. The van der Waals surface area contributed by atoms with Gasteiger partial charge in [0.05, 0.1) is 6.20 Å². The molecule has 2 aromatic rings. The predicted octanol–water partition coefficient (Wildman–Crippen LogP) is 3.04. The number of hydrogen-bond acceptors (Lipinski definition) is 4. The number of nitrogens with zero attached hydrogens (tertiary/aromatic N) is 2. The van der Waals surface area contributed by atoms with Gasteiger partial charge in [-0.15, -0.1) is 0 Å². The lowest BCUT2D eigenvalue weighted by Crippen LogP contribution is -2.14. The molecule has 0 aliphatic heterocycles. The molecular formula is C13H12BrN3O2. The fourth-order valence-electron chi connectivity index (χ4n) is 1.45. The first kappa shape index (κ1) is 13.4. The molecule has 0 aliphatic rings. The molecule has 0 radical (unpaired) electrons. The quantitative estimate of drug-likeness (QED) is 0.394. The van der Waals surface area contributed by atoms with Gasteiger partial charge < -0.3 is 15.7 Å². The molecule has 0 saturated carbocycles. The third-order valence-corrected chi connectivity index (χ3v) is 2.98. The Labute approximate surface area is 118 Å². The summed E-state index contributed by atoms with van der Waals surface area (Å²) < 4.78 is 6.66. The van der Waals surface area contributed by atoms with Gasteiger partial charge in [-0.3, -0.25) is 0 Å². The van der Waals surface area contributed by atoms with E-state index >= 15 is 0 Å². The van der Waals surface area contributed by atoms with E-state index in [0.29, 0.717) is 11.4 Å². The fourth-order valence-corrected chi connectivity index (χ4v) is 1.79. The van der Waals surface area contributed by atoms with Crippen molar-refractivity contribution in [2.24, 2.45) is 10.9 Å². The van der Waals surface area contributed by atoms with Gasteiger partial charge in [0.15, 0.2) is 5.84 Å². The largest absolute Gasteiger partial charge is 0.455 e. The summed E-state index contributed by atoms with van der Waals surface area (Å²) >= 11 is 3.39. The van der Waals surface area contributed by atoms with E-state index in [1.54, 1.807) is 12.1 Å². The van der Waals surface area contributed by atoms with Crippen LogP contribution in [0, 0.1) is 6.92 Å². The fraction of sp³-hybridized carbons (Fsp3) is 0.0769. The zero-order valence-electron chi connectivity index (χ0n) is 10.2. The SMILES string of the molecule is Cc1ccc(Br)cc1Oc1ccc(/C(N)=N/O)nc1. The van der Waals surface area contributed by atoms with Crippen LogP contribution in [-0.4, -0.2) is 16.0 Å². The van der Waals surface area contributed by atoms with Crippen LogP contribution >= 0.6 is 15.9 Å². The summed E-state index contributed by atoms with van der Waals surface area (Å²) in [6.07, 6.45) is 1.52. The number of aromatic nitrogens is 1. The molecule has 0 amide bonds. The van der Waals surface area contributed by atoms with Crippen molar-refractivity contribution in [3.05, 3.63) is 52.3 Å². The number of ether oxygens (including phenoxy) is 1. The molecule has 0 unspecified atom stereocenters. The molecule has 2 rings (SSSR count). The van der Waals surface area contributed by atoms with Crippen molar-refractivity contribution in [2.45, 2.75) is 6.92 Å². The molecule has 6 heteroatoms. The summed E-state index contributed by atoms with van der Waals surface area (Å²) in [4.78, 5) is 4.05. The lowest BCUT2D eigenvalue weighted by molar-refractivity contribution is 0.318. The van der Waals surface area contributed by atoms with Gasteiger partial charge in [0, 0.05) is 4.47 Å². The van der Waals surface area contributed by atoms with Crippen LogP contribution < -0.4 is 10.5 Å². The van der Waals surface area contributed by atoms with Crippen LogP contribution in [0.5, 0.6) is 11.5 Å². The highest BCUT2D eigenvalue weighted by Gasteiger charge is 2.05. The Hall–Kier alpha value is -2.08. The van der Waals surface area contributed by atoms with E-state index in [4.69, 9.17) is 15.7 Å². The lowest BCUT2D eigenvalue weighted by Gasteiger charge is -2.09. The second-order valence-electron chi connectivity index (χ2n) is 3.88. The molecule has 0 aliphatic carbocycles. The molecule has 0 bridgehead atoms. The predicted molar refractivity (Wildman–Crippen MR) is 75.7 cm³/mol. The van der Waals surface area contributed by atoms with Crippen LogP contribution in [0.2, 0.25) is 0 Å². The minimum Gasteiger partial charge on any atom is -0.455 e. The third-order valence-electron chi connectivity index (χ3n) is 2.48. The van der Waals surface area contributed by atoms with Gasteiger partial charge in [0.25, 0.3) is 0 Å². The maximum absolute atomic E-state index is 8.55. The average Bonchev–Trinajstić information content (AvgIpc) is 2.43. The Balaban J connectivity index is 2.22. The normalized spacial score (nSPS) is 11.4. The standard InChI is InChI=1S/C13H12BrN3O2/c1-8-2-3-9(14)6-12(8)19-10-4-5-11(16-7-10)13(15)17-18/h2-7,18H,1H3,(H2,15,17). The van der Waals surface area contributed by atoms with Crippen molar-refractivity contribution in [2.75, 3.05) is 0 Å². The van der Waals surface area contributed by atoms with Crippen LogP contribution in [0.15, 0.2) is 46.2 Å². The van der Waals surface area contributed by atoms with Gasteiger partial charge in [-0.2, -0.15) is 0 Å². The van der Waals surface area contributed by atoms with E-state index in [1.807, 2.05) is 25.1 Å². The number of aryl methyl sites for hydroxylation is 1. The highest BCUT2D eigenvalue weighted by molar-refractivity contribution is 9.10. The number of amidine groups is 1. The molecule has 0 spiro atoms. The van der Waals surface area contributed by atoms with Gasteiger partial charge in [0.2, 0.25) is 0 Å². The van der Waals surface area contributed by atoms with Crippen molar-refractivity contribution in [3.63, 3.8) is 0 Å².